The molecule has 1 N–H and O–H groups in total. The Hall–Kier alpha value is -3.22. The molecule has 0 bridgehead atoms. The number of fused-ring (bicyclic) bond motifs is 1. The summed E-state index contributed by atoms with van der Waals surface area (Å²) < 4.78 is 0. The molecule has 4 rings (SSSR count). The molecule has 174 valence electrons. The Kier molecular flexibility index (Phi) is 6.77. The zero-order chi connectivity index (χ0) is 23.4. The monoisotopic (exact) mass is 448 g/mol. The van der Waals surface area contributed by atoms with Gasteiger partial charge in [0.25, 0.3) is 5.91 Å². The van der Waals surface area contributed by atoms with Gasteiger partial charge in [-0.25, -0.2) is 0 Å². The smallest absolute Gasteiger partial charge is 0.250 e. The Bertz CT molecular complexity index is 1010. The molecule has 0 aromatic heterocycles. The fourth-order valence-electron chi connectivity index (χ4n) is 4.96. The highest BCUT2D eigenvalue weighted by Gasteiger charge is 2.49. The summed E-state index contributed by atoms with van der Waals surface area (Å²) in [7, 11) is 0. The van der Waals surface area contributed by atoms with Gasteiger partial charge in [-0.05, 0) is 50.3 Å². The standard InChI is InChI=1S/C26H32N4O3/c1-19-9-8-16-30-24(19)28-22(31)17-26(30,2)25(33)29(21-12-6-7-13-21)18-23(32)27-15-14-20-10-4-3-5-11-20/h3-5,8-11,16,21H,6-7,12-15,17-18H2,1-2H3,(H,27,32). The number of carbonyl (C=O) groups excluding carboxylic acids is 3. The third kappa shape index (κ3) is 4.92. The molecule has 2 aliphatic heterocycles. The Morgan fingerprint density at radius 1 is 1.21 bits per heavy atom. The molecule has 1 aromatic carbocycles. The van der Waals surface area contributed by atoms with Crippen LogP contribution in [0, 0.1) is 0 Å². The van der Waals surface area contributed by atoms with E-state index in [4.69, 9.17) is 0 Å². The van der Waals surface area contributed by atoms with Crippen molar-refractivity contribution in [2.45, 2.75) is 64.0 Å². The topological polar surface area (TPSA) is 82.1 Å². The van der Waals surface area contributed by atoms with Crippen LogP contribution in [0.3, 0.4) is 0 Å². The Morgan fingerprint density at radius 3 is 2.67 bits per heavy atom. The van der Waals surface area contributed by atoms with Crippen molar-refractivity contribution in [3.8, 4) is 0 Å². The maximum Gasteiger partial charge on any atom is 0.250 e. The van der Waals surface area contributed by atoms with Crippen LogP contribution in [0.25, 0.3) is 0 Å². The summed E-state index contributed by atoms with van der Waals surface area (Å²) in [4.78, 5) is 47.1. The predicted octanol–water partition coefficient (Wildman–Crippen LogP) is 2.98. The molecular formula is C26H32N4O3. The molecule has 7 heteroatoms. The van der Waals surface area contributed by atoms with Crippen molar-refractivity contribution in [2.24, 2.45) is 4.99 Å². The minimum absolute atomic E-state index is 0.000915. The maximum atomic E-state index is 14.0. The third-order valence-electron chi connectivity index (χ3n) is 6.80. The molecule has 0 spiro atoms. The maximum absolute atomic E-state index is 14.0. The van der Waals surface area contributed by atoms with E-state index < -0.39 is 5.54 Å². The molecule has 1 saturated carbocycles. The number of amides is 3. The molecule has 1 aromatic rings. The first-order chi connectivity index (χ1) is 15.9. The van der Waals surface area contributed by atoms with Crippen LogP contribution in [0.15, 0.2) is 59.2 Å². The number of rotatable bonds is 7. The number of amidine groups is 1. The van der Waals surface area contributed by atoms with Crippen LogP contribution in [0.4, 0.5) is 0 Å². The van der Waals surface area contributed by atoms with Crippen LogP contribution in [0.5, 0.6) is 0 Å². The van der Waals surface area contributed by atoms with Gasteiger partial charge in [-0.3, -0.25) is 14.4 Å². The number of hydrogen-bond acceptors (Lipinski definition) is 4. The van der Waals surface area contributed by atoms with Crippen molar-refractivity contribution < 1.29 is 14.4 Å². The van der Waals surface area contributed by atoms with Gasteiger partial charge in [0, 0.05) is 18.8 Å². The van der Waals surface area contributed by atoms with Crippen LogP contribution in [0.2, 0.25) is 0 Å². The number of nitrogens with zero attached hydrogens (tertiary/aromatic N) is 3. The van der Waals surface area contributed by atoms with Crippen LogP contribution in [-0.4, -0.2) is 58.0 Å². The molecule has 1 unspecified atom stereocenters. The van der Waals surface area contributed by atoms with Gasteiger partial charge in [0.15, 0.2) is 0 Å². The first-order valence-electron chi connectivity index (χ1n) is 11.8. The van der Waals surface area contributed by atoms with Gasteiger partial charge in [-0.2, -0.15) is 4.99 Å². The lowest BCUT2D eigenvalue weighted by Crippen LogP contribution is -2.63. The third-order valence-corrected chi connectivity index (χ3v) is 6.80. The van der Waals surface area contributed by atoms with Crippen molar-refractivity contribution in [2.75, 3.05) is 13.1 Å². The fraction of sp³-hybridized carbons (Fsp3) is 0.462. The molecule has 7 nitrogen and oxygen atoms in total. The second-order valence-electron chi connectivity index (χ2n) is 9.30. The summed E-state index contributed by atoms with van der Waals surface area (Å²) in [5.41, 5.74) is 0.894. The van der Waals surface area contributed by atoms with Gasteiger partial charge in [0.1, 0.15) is 11.4 Å². The highest BCUT2D eigenvalue weighted by atomic mass is 16.2. The summed E-state index contributed by atoms with van der Waals surface area (Å²) in [5.74, 6) is -0.147. The molecule has 3 amide bonds. The lowest BCUT2D eigenvalue weighted by Gasteiger charge is -2.46. The minimum atomic E-state index is -1.10. The summed E-state index contributed by atoms with van der Waals surface area (Å²) in [6.45, 7) is 4.19. The molecule has 0 saturated heterocycles. The number of allylic oxidation sites excluding steroid dienone is 2. The Labute approximate surface area is 195 Å². The number of nitrogens with one attached hydrogen (secondary N) is 1. The zero-order valence-corrected chi connectivity index (χ0v) is 19.4. The zero-order valence-electron chi connectivity index (χ0n) is 19.4. The lowest BCUT2D eigenvalue weighted by atomic mass is 9.88. The van der Waals surface area contributed by atoms with Crippen molar-refractivity contribution in [1.82, 2.24) is 15.1 Å². The van der Waals surface area contributed by atoms with Crippen molar-refractivity contribution in [3.63, 3.8) is 0 Å². The average molecular weight is 449 g/mol. The number of carbonyl (C=O) groups is 3. The molecule has 1 fully saturated rings. The highest BCUT2D eigenvalue weighted by Crippen LogP contribution is 2.34. The quantitative estimate of drug-likeness (QED) is 0.695. The van der Waals surface area contributed by atoms with E-state index in [1.807, 2.05) is 55.6 Å². The van der Waals surface area contributed by atoms with Gasteiger partial charge in [-0.15, -0.1) is 0 Å². The highest BCUT2D eigenvalue weighted by molar-refractivity contribution is 6.12. The van der Waals surface area contributed by atoms with Crippen molar-refractivity contribution in [1.29, 1.82) is 0 Å². The Morgan fingerprint density at radius 2 is 1.94 bits per heavy atom. The first-order valence-corrected chi connectivity index (χ1v) is 11.8. The van der Waals surface area contributed by atoms with Crippen molar-refractivity contribution in [3.05, 3.63) is 59.8 Å². The lowest BCUT2D eigenvalue weighted by molar-refractivity contribution is -0.148. The fourth-order valence-corrected chi connectivity index (χ4v) is 4.96. The summed E-state index contributed by atoms with van der Waals surface area (Å²) >= 11 is 0. The number of aliphatic imine (C=N–C) groups is 1. The average Bonchev–Trinajstić information content (AvgIpc) is 3.33. The molecule has 0 radical (unpaired) electrons. The van der Waals surface area contributed by atoms with E-state index in [1.54, 1.807) is 16.7 Å². The summed E-state index contributed by atoms with van der Waals surface area (Å²) in [6, 6.07) is 10.00. The van der Waals surface area contributed by atoms with Gasteiger partial charge in [0.2, 0.25) is 11.8 Å². The number of benzene rings is 1. The van der Waals surface area contributed by atoms with Gasteiger partial charge >= 0.3 is 0 Å². The largest absolute Gasteiger partial charge is 0.354 e. The van der Waals surface area contributed by atoms with Crippen LogP contribution in [0.1, 0.15) is 51.5 Å². The summed E-state index contributed by atoms with van der Waals surface area (Å²) in [5, 5.41) is 2.97. The van der Waals surface area contributed by atoms with Gasteiger partial charge in [0.05, 0.1) is 13.0 Å². The molecule has 33 heavy (non-hydrogen) atoms. The van der Waals surface area contributed by atoms with E-state index in [9.17, 15) is 14.4 Å². The van der Waals surface area contributed by atoms with Crippen LogP contribution in [-0.2, 0) is 20.8 Å². The van der Waals surface area contributed by atoms with E-state index in [2.05, 4.69) is 10.3 Å². The molecular weight excluding hydrogens is 416 g/mol. The van der Waals surface area contributed by atoms with Gasteiger partial charge < -0.3 is 15.1 Å². The SMILES string of the molecule is CC1=CC=CN2C1=NC(=O)CC2(C)C(=O)N(CC(=O)NCCc1ccccc1)C1CCCC1. The second-order valence-corrected chi connectivity index (χ2v) is 9.30. The van der Waals surface area contributed by atoms with E-state index >= 15 is 0 Å². The van der Waals surface area contributed by atoms with E-state index in [-0.39, 0.29) is 36.7 Å². The Balaban J connectivity index is 1.49. The summed E-state index contributed by atoms with van der Waals surface area (Å²) in [6.07, 6.45) is 10.1. The van der Waals surface area contributed by atoms with Crippen LogP contribution >= 0.6 is 0 Å². The molecule has 1 aliphatic carbocycles. The predicted molar refractivity (Wildman–Crippen MR) is 127 cm³/mol. The minimum Gasteiger partial charge on any atom is -0.354 e. The molecule has 2 heterocycles. The molecule has 3 aliphatic rings. The van der Waals surface area contributed by atoms with E-state index in [0.29, 0.717) is 12.4 Å². The van der Waals surface area contributed by atoms with Crippen molar-refractivity contribution >= 4 is 23.6 Å². The van der Waals surface area contributed by atoms with E-state index in [0.717, 1.165) is 43.2 Å². The van der Waals surface area contributed by atoms with E-state index in [1.165, 1.54) is 0 Å². The van der Waals surface area contributed by atoms with Gasteiger partial charge in [-0.1, -0.05) is 49.2 Å². The molecule has 1 atom stereocenters. The van der Waals surface area contributed by atoms with Crippen LogP contribution < -0.4 is 5.32 Å². The first kappa shape index (κ1) is 23.0. The number of hydrogen-bond donors (Lipinski definition) is 1. The normalized spacial score (nSPS) is 22.5. The second kappa shape index (κ2) is 9.73.